The van der Waals surface area contributed by atoms with Crippen molar-refractivity contribution in [3.8, 4) is 0 Å². The highest BCUT2D eigenvalue weighted by Crippen LogP contribution is 2.34. The lowest BCUT2D eigenvalue weighted by Crippen LogP contribution is -2.16. The normalized spacial score (nSPS) is 21.7. The number of hydrogen-bond acceptors (Lipinski definition) is 3. The zero-order valence-electron chi connectivity index (χ0n) is 8.28. The van der Waals surface area contributed by atoms with Gasteiger partial charge in [0, 0.05) is 28.8 Å². The number of rotatable bonds is 2. The van der Waals surface area contributed by atoms with E-state index in [0.29, 0.717) is 17.5 Å². The van der Waals surface area contributed by atoms with Gasteiger partial charge in [-0.25, -0.2) is 4.98 Å². The standard InChI is InChI=1S/C11H12BrNOS/c12-10-5-2-6-13-11(10)15-9-4-1-3-8(14)7-9/h2,5-6,9H,1,3-4,7H2. The lowest BCUT2D eigenvalue weighted by atomic mass is 9.99. The fourth-order valence-electron chi connectivity index (χ4n) is 1.70. The van der Waals surface area contributed by atoms with Crippen LogP contribution in [0.3, 0.4) is 0 Å². The number of nitrogens with zero attached hydrogens (tertiary/aromatic N) is 1. The van der Waals surface area contributed by atoms with Crippen LogP contribution in [0.2, 0.25) is 0 Å². The molecule has 1 aromatic heterocycles. The van der Waals surface area contributed by atoms with Crippen LogP contribution in [0.5, 0.6) is 0 Å². The molecular weight excluding hydrogens is 274 g/mol. The van der Waals surface area contributed by atoms with Gasteiger partial charge in [-0.2, -0.15) is 0 Å². The molecule has 0 bridgehead atoms. The highest BCUT2D eigenvalue weighted by molar-refractivity contribution is 9.10. The Bertz CT molecular complexity index is 369. The number of halogens is 1. The average Bonchev–Trinajstić information content (AvgIpc) is 2.22. The first-order chi connectivity index (χ1) is 7.25. The van der Waals surface area contributed by atoms with Crippen LogP contribution in [0.1, 0.15) is 25.7 Å². The Morgan fingerprint density at radius 1 is 1.53 bits per heavy atom. The maximum absolute atomic E-state index is 11.3. The Labute approximate surface area is 102 Å². The summed E-state index contributed by atoms with van der Waals surface area (Å²) in [5, 5.41) is 1.41. The van der Waals surface area contributed by atoms with Crippen molar-refractivity contribution in [3.63, 3.8) is 0 Å². The molecule has 80 valence electrons. The molecule has 1 unspecified atom stereocenters. The molecule has 1 aromatic rings. The van der Waals surface area contributed by atoms with Gasteiger partial charge in [0.25, 0.3) is 0 Å². The van der Waals surface area contributed by atoms with Crippen LogP contribution in [0.4, 0.5) is 0 Å². The molecule has 1 fully saturated rings. The molecule has 2 rings (SSSR count). The van der Waals surface area contributed by atoms with Crippen molar-refractivity contribution in [1.82, 2.24) is 4.98 Å². The van der Waals surface area contributed by atoms with Gasteiger partial charge in [-0.15, -0.1) is 11.8 Å². The predicted molar refractivity (Wildman–Crippen MR) is 65.1 cm³/mol. The van der Waals surface area contributed by atoms with Crippen LogP contribution >= 0.6 is 27.7 Å². The highest BCUT2D eigenvalue weighted by Gasteiger charge is 2.21. The zero-order valence-corrected chi connectivity index (χ0v) is 10.7. The van der Waals surface area contributed by atoms with E-state index < -0.39 is 0 Å². The van der Waals surface area contributed by atoms with Crippen LogP contribution < -0.4 is 0 Å². The largest absolute Gasteiger partial charge is 0.300 e. The summed E-state index contributed by atoms with van der Waals surface area (Å²) in [7, 11) is 0. The summed E-state index contributed by atoms with van der Waals surface area (Å²) in [6.07, 6.45) is 5.41. The van der Waals surface area contributed by atoms with E-state index in [1.807, 2.05) is 12.1 Å². The number of aromatic nitrogens is 1. The van der Waals surface area contributed by atoms with Gasteiger partial charge in [-0.1, -0.05) is 0 Å². The zero-order chi connectivity index (χ0) is 10.7. The molecular formula is C11H12BrNOS. The minimum absolute atomic E-state index is 0.394. The van der Waals surface area contributed by atoms with E-state index in [-0.39, 0.29) is 0 Å². The molecule has 1 aliphatic rings. The summed E-state index contributed by atoms with van der Waals surface area (Å²) in [6, 6.07) is 3.89. The molecule has 1 saturated carbocycles. The molecule has 2 nitrogen and oxygen atoms in total. The third kappa shape index (κ3) is 3.05. The van der Waals surface area contributed by atoms with Gasteiger partial charge in [0.05, 0.1) is 0 Å². The summed E-state index contributed by atoms with van der Waals surface area (Å²) in [5.74, 6) is 0.394. The Kier molecular flexibility index (Phi) is 3.81. The molecule has 0 aromatic carbocycles. The van der Waals surface area contributed by atoms with Crippen molar-refractivity contribution >= 4 is 33.5 Å². The summed E-state index contributed by atoms with van der Waals surface area (Å²) in [4.78, 5) is 15.6. The van der Waals surface area contributed by atoms with E-state index in [2.05, 4.69) is 20.9 Å². The molecule has 0 N–H and O–H groups in total. The lowest BCUT2D eigenvalue weighted by Gasteiger charge is -2.19. The number of carbonyl (C=O) groups excluding carboxylic acids is 1. The minimum atomic E-state index is 0.394. The van der Waals surface area contributed by atoms with Crippen LogP contribution in [0.25, 0.3) is 0 Å². The van der Waals surface area contributed by atoms with Crippen molar-refractivity contribution in [2.75, 3.05) is 0 Å². The van der Waals surface area contributed by atoms with Gasteiger partial charge in [-0.3, -0.25) is 4.79 Å². The van der Waals surface area contributed by atoms with E-state index in [0.717, 1.165) is 28.8 Å². The Morgan fingerprint density at radius 2 is 2.40 bits per heavy atom. The average molecular weight is 286 g/mol. The molecule has 1 heterocycles. The van der Waals surface area contributed by atoms with Crippen LogP contribution in [0, 0.1) is 0 Å². The topological polar surface area (TPSA) is 30.0 Å². The number of ketones is 1. The van der Waals surface area contributed by atoms with Crippen molar-refractivity contribution in [3.05, 3.63) is 22.8 Å². The number of thioether (sulfide) groups is 1. The number of hydrogen-bond donors (Lipinski definition) is 0. The quantitative estimate of drug-likeness (QED) is 0.834. The fraction of sp³-hybridized carbons (Fsp3) is 0.455. The summed E-state index contributed by atoms with van der Waals surface area (Å²) in [6.45, 7) is 0. The first kappa shape index (κ1) is 11.1. The van der Waals surface area contributed by atoms with Crippen LogP contribution in [0.15, 0.2) is 27.8 Å². The molecule has 0 saturated heterocycles. The SMILES string of the molecule is O=C1CCCC(Sc2ncccc2Br)C1. The summed E-state index contributed by atoms with van der Waals surface area (Å²) in [5.41, 5.74) is 0. The van der Waals surface area contributed by atoms with Gasteiger partial charge < -0.3 is 0 Å². The van der Waals surface area contributed by atoms with Crippen molar-refractivity contribution in [2.24, 2.45) is 0 Å². The highest BCUT2D eigenvalue weighted by atomic mass is 79.9. The molecule has 1 atom stereocenters. The van der Waals surface area contributed by atoms with E-state index >= 15 is 0 Å². The molecule has 0 amide bonds. The maximum atomic E-state index is 11.3. The molecule has 0 spiro atoms. The maximum Gasteiger partial charge on any atom is 0.134 e. The predicted octanol–water partition coefficient (Wildman–Crippen LogP) is 3.45. The summed E-state index contributed by atoms with van der Waals surface area (Å²) >= 11 is 5.19. The van der Waals surface area contributed by atoms with Gasteiger partial charge in [-0.05, 0) is 40.9 Å². The number of Topliss-reactive ketones (excluding diaryl/α,β-unsaturated/α-hetero) is 1. The third-order valence-corrected chi connectivity index (χ3v) is 4.63. The van der Waals surface area contributed by atoms with E-state index in [1.165, 1.54) is 0 Å². The Morgan fingerprint density at radius 3 is 3.13 bits per heavy atom. The molecule has 0 radical (unpaired) electrons. The smallest absolute Gasteiger partial charge is 0.134 e. The number of carbonyl (C=O) groups is 1. The second kappa shape index (κ2) is 5.12. The van der Waals surface area contributed by atoms with Gasteiger partial charge in [0.1, 0.15) is 10.8 Å². The monoisotopic (exact) mass is 285 g/mol. The fourth-order valence-corrected chi connectivity index (χ4v) is 3.41. The first-order valence-corrected chi connectivity index (χ1v) is 6.72. The van der Waals surface area contributed by atoms with E-state index in [1.54, 1.807) is 18.0 Å². The molecule has 0 aliphatic heterocycles. The lowest BCUT2D eigenvalue weighted by molar-refractivity contribution is -0.120. The van der Waals surface area contributed by atoms with Gasteiger partial charge in [0.2, 0.25) is 0 Å². The van der Waals surface area contributed by atoms with Crippen LogP contribution in [-0.4, -0.2) is 16.0 Å². The van der Waals surface area contributed by atoms with Gasteiger partial charge in [0.15, 0.2) is 0 Å². The van der Waals surface area contributed by atoms with Crippen molar-refractivity contribution < 1.29 is 4.79 Å². The second-order valence-corrected chi connectivity index (χ2v) is 5.81. The number of pyridine rings is 1. The van der Waals surface area contributed by atoms with Gasteiger partial charge >= 0.3 is 0 Å². The van der Waals surface area contributed by atoms with Crippen molar-refractivity contribution in [2.45, 2.75) is 36.0 Å². The van der Waals surface area contributed by atoms with E-state index in [4.69, 9.17) is 0 Å². The van der Waals surface area contributed by atoms with Crippen LogP contribution in [-0.2, 0) is 4.79 Å². The Hall–Kier alpha value is -0.350. The summed E-state index contributed by atoms with van der Waals surface area (Å²) < 4.78 is 1.02. The third-order valence-electron chi connectivity index (χ3n) is 2.44. The molecule has 1 aliphatic carbocycles. The van der Waals surface area contributed by atoms with E-state index in [9.17, 15) is 4.79 Å². The minimum Gasteiger partial charge on any atom is -0.300 e. The molecule has 15 heavy (non-hydrogen) atoms. The Balaban J connectivity index is 2.02. The second-order valence-electron chi connectivity index (χ2n) is 3.67. The molecule has 4 heteroatoms. The van der Waals surface area contributed by atoms with Crippen molar-refractivity contribution in [1.29, 1.82) is 0 Å². The first-order valence-electron chi connectivity index (χ1n) is 5.04.